The van der Waals surface area contributed by atoms with Crippen LogP contribution in [0.4, 0.5) is 0 Å². The Morgan fingerprint density at radius 1 is 1.30 bits per heavy atom. The van der Waals surface area contributed by atoms with E-state index in [4.69, 9.17) is 4.74 Å². The Morgan fingerprint density at radius 3 is 2.95 bits per heavy atom. The molecule has 0 N–H and O–H groups in total. The highest BCUT2D eigenvalue weighted by molar-refractivity contribution is 5.92. The summed E-state index contributed by atoms with van der Waals surface area (Å²) in [6, 6.07) is 2.34. The maximum atomic E-state index is 12.7. The molecule has 2 heterocycles. The summed E-state index contributed by atoms with van der Waals surface area (Å²) < 4.78 is 5.01. The summed E-state index contributed by atoms with van der Waals surface area (Å²) in [6.07, 6.45) is 8.90. The minimum Gasteiger partial charge on any atom is -0.467 e. The van der Waals surface area contributed by atoms with E-state index in [1.165, 1.54) is 32.8 Å². The van der Waals surface area contributed by atoms with Gasteiger partial charge in [-0.15, -0.1) is 0 Å². The zero-order valence-corrected chi connectivity index (χ0v) is 11.9. The highest BCUT2D eigenvalue weighted by Gasteiger charge is 2.36. The van der Waals surface area contributed by atoms with Crippen LogP contribution < -0.4 is 4.74 Å². The first-order valence-corrected chi connectivity index (χ1v) is 7.47. The third-order valence-electron chi connectivity index (χ3n) is 4.54. The molecule has 2 atom stereocenters. The number of fused-ring (bicyclic) bond motifs is 1. The van der Waals surface area contributed by atoms with E-state index in [0.29, 0.717) is 17.7 Å². The molecule has 1 aliphatic carbocycles. The molecule has 3 rings (SSSR count). The Hall–Kier alpha value is -1.65. The van der Waals surface area contributed by atoms with Crippen molar-refractivity contribution in [1.82, 2.24) is 14.9 Å². The minimum absolute atomic E-state index is 0.0299. The summed E-state index contributed by atoms with van der Waals surface area (Å²) in [5.41, 5.74) is 0.447. The van der Waals surface area contributed by atoms with Crippen molar-refractivity contribution in [3.05, 3.63) is 18.0 Å². The zero-order chi connectivity index (χ0) is 13.9. The van der Waals surface area contributed by atoms with Gasteiger partial charge >= 0.3 is 6.01 Å². The van der Waals surface area contributed by atoms with Gasteiger partial charge in [-0.1, -0.05) is 12.8 Å². The van der Waals surface area contributed by atoms with Gasteiger partial charge in [0.1, 0.15) is 5.69 Å². The molecule has 1 saturated carbocycles. The van der Waals surface area contributed by atoms with Crippen LogP contribution in [0.5, 0.6) is 6.01 Å². The van der Waals surface area contributed by atoms with E-state index in [1.54, 1.807) is 12.3 Å². The van der Waals surface area contributed by atoms with Crippen LogP contribution >= 0.6 is 0 Å². The number of piperidine rings is 1. The second kappa shape index (κ2) is 5.77. The zero-order valence-electron chi connectivity index (χ0n) is 11.9. The third-order valence-corrected chi connectivity index (χ3v) is 4.54. The Labute approximate surface area is 119 Å². The lowest BCUT2D eigenvalue weighted by molar-refractivity contribution is 0.0384. The Morgan fingerprint density at radius 2 is 2.10 bits per heavy atom. The predicted octanol–water partition coefficient (Wildman–Crippen LogP) is 2.28. The number of rotatable bonds is 2. The molecule has 1 aromatic heterocycles. The number of hydrogen-bond acceptors (Lipinski definition) is 4. The van der Waals surface area contributed by atoms with Gasteiger partial charge in [0.05, 0.1) is 7.11 Å². The first-order valence-electron chi connectivity index (χ1n) is 7.47. The summed E-state index contributed by atoms with van der Waals surface area (Å²) >= 11 is 0. The van der Waals surface area contributed by atoms with Crippen molar-refractivity contribution in [3.63, 3.8) is 0 Å². The lowest BCUT2D eigenvalue weighted by Crippen LogP contribution is -2.49. The van der Waals surface area contributed by atoms with Gasteiger partial charge in [-0.2, -0.15) is 4.98 Å². The molecule has 0 spiro atoms. The average molecular weight is 275 g/mol. The number of likely N-dealkylation sites (tertiary alicyclic amines) is 1. The predicted molar refractivity (Wildman–Crippen MR) is 74.6 cm³/mol. The second-order valence-corrected chi connectivity index (χ2v) is 5.68. The molecule has 20 heavy (non-hydrogen) atoms. The highest BCUT2D eigenvalue weighted by atomic mass is 16.5. The van der Waals surface area contributed by atoms with Crippen LogP contribution in [0.3, 0.4) is 0 Å². The van der Waals surface area contributed by atoms with Crippen molar-refractivity contribution in [1.29, 1.82) is 0 Å². The van der Waals surface area contributed by atoms with Gasteiger partial charge in [-0.05, 0) is 37.7 Å². The lowest BCUT2D eigenvalue weighted by atomic mass is 9.78. The van der Waals surface area contributed by atoms with Crippen LogP contribution in [0, 0.1) is 5.92 Å². The normalized spacial score (nSPS) is 25.9. The first-order chi connectivity index (χ1) is 9.79. The van der Waals surface area contributed by atoms with E-state index in [2.05, 4.69) is 9.97 Å². The largest absolute Gasteiger partial charge is 0.467 e. The summed E-state index contributed by atoms with van der Waals surface area (Å²) in [7, 11) is 1.52. The van der Waals surface area contributed by atoms with E-state index in [0.717, 1.165) is 19.4 Å². The van der Waals surface area contributed by atoms with Crippen molar-refractivity contribution in [2.45, 2.75) is 44.6 Å². The number of methoxy groups -OCH3 is 1. The number of carbonyl (C=O) groups is 1. The molecule has 1 saturated heterocycles. The van der Waals surface area contributed by atoms with Crippen LogP contribution in [0.15, 0.2) is 12.3 Å². The number of ether oxygens (including phenoxy) is 1. The fourth-order valence-electron chi connectivity index (χ4n) is 3.58. The molecule has 1 amide bonds. The van der Waals surface area contributed by atoms with E-state index < -0.39 is 0 Å². The molecule has 0 unspecified atom stereocenters. The van der Waals surface area contributed by atoms with E-state index in [9.17, 15) is 4.79 Å². The third kappa shape index (κ3) is 2.49. The molecule has 5 heteroatoms. The average Bonchev–Trinajstić information content (AvgIpc) is 2.53. The van der Waals surface area contributed by atoms with Crippen molar-refractivity contribution in [2.75, 3.05) is 13.7 Å². The fourth-order valence-corrected chi connectivity index (χ4v) is 3.58. The van der Waals surface area contributed by atoms with Gasteiger partial charge in [0.25, 0.3) is 5.91 Å². The van der Waals surface area contributed by atoms with E-state index in [1.807, 2.05) is 4.90 Å². The highest BCUT2D eigenvalue weighted by Crippen LogP contribution is 2.35. The topological polar surface area (TPSA) is 55.3 Å². The van der Waals surface area contributed by atoms with Gasteiger partial charge in [0.15, 0.2) is 0 Å². The van der Waals surface area contributed by atoms with Crippen LogP contribution in [0.1, 0.15) is 49.0 Å². The minimum atomic E-state index is 0.0299. The maximum absolute atomic E-state index is 12.7. The fraction of sp³-hybridized carbons (Fsp3) is 0.667. The van der Waals surface area contributed by atoms with Crippen LogP contribution in [0.2, 0.25) is 0 Å². The molecule has 0 radical (unpaired) electrons. The van der Waals surface area contributed by atoms with Crippen LogP contribution in [-0.2, 0) is 0 Å². The Bertz CT molecular complexity index is 490. The smallest absolute Gasteiger partial charge is 0.316 e. The van der Waals surface area contributed by atoms with Gasteiger partial charge < -0.3 is 9.64 Å². The molecule has 5 nitrogen and oxygen atoms in total. The van der Waals surface area contributed by atoms with Crippen molar-refractivity contribution >= 4 is 5.91 Å². The number of carbonyl (C=O) groups excluding carboxylic acids is 1. The summed E-state index contributed by atoms with van der Waals surface area (Å²) in [4.78, 5) is 22.9. The Kier molecular flexibility index (Phi) is 3.85. The van der Waals surface area contributed by atoms with Crippen LogP contribution in [-0.4, -0.2) is 40.5 Å². The number of aromatic nitrogens is 2. The lowest BCUT2D eigenvalue weighted by Gasteiger charge is -2.44. The molecular weight excluding hydrogens is 254 g/mol. The second-order valence-electron chi connectivity index (χ2n) is 5.68. The van der Waals surface area contributed by atoms with Gasteiger partial charge in [-0.25, -0.2) is 4.98 Å². The summed E-state index contributed by atoms with van der Waals surface area (Å²) in [5.74, 6) is 0.715. The first kappa shape index (κ1) is 13.3. The van der Waals surface area contributed by atoms with Gasteiger partial charge in [0, 0.05) is 18.8 Å². The molecule has 0 bridgehead atoms. The summed E-state index contributed by atoms with van der Waals surface area (Å²) in [6.45, 7) is 0.853. The quantitative estimate of drug-likeness (QED) is 0.831. The standard InChI is InChI=1S/C15H21N3O2/c1-20-15-16-9-8-12(17-15)14(19)18-10-4-6-11-5-2-3-7-13(11)18/h8-9,11,13H,2-7,10H2,1H3/t11-,13-/m0/s1. The number of hydrogen-bond donors (Lipinski definition) is 0. The van der Waals surface area contributed by atoms with Gasteiger partial charge in [0.2, 0.25) is 0 Å². The monoisotopic (exact) mass is 275 g/mol. The van der Waals surface area contributed by atoms with Crippen LogP contribution in [0.25, 0.3) is 0 Å². The van der Waals surface area contributed by atoms with E-state index in [-0.39, 0.29) is 11.9 Å². The molecule has 108 valence electrons. The molecule has 1 aromatic rings. The van der Waals surface area contributed by atoms with E-state index >= 15 is 0 Å². The maximum Gasteiger partial charge on any atom is 0.316 e. The molecule has 1 aliphatic heterocycles. The number of amides is 1. The molecule has 0 aromatic carbocycles. The molecule has 2 fully saturated rings. The molecule has 2 aliphatic rings. The molecular formula is C15H21N3O2. The Balaban J connectivity index is 1.81. The van der Waals surface area contributed by atoms with Gasteiger partial charge in [-0.3, -0.25) is 4.79 Å². The summed E-state index contributed by atoms with van der Waals surface area (Å²) in [5, 5.41) is 0. The van der Waals surface area contributed by atoms with Crippen molar-refractivity contribution in [2.24, 2.45) is 5.92 Å². The van der Waals surface area contributed by atoms with Crippen molar-refractivity contribution in [3.8, 4) is 6.01 Å². The SMILES string of the molecule is COc1nccc(C(=O)N2CCC[C@@H]3CCCC[C@@H]32)n1. The van der Waals surface area contributed by atoms with Crippen molar-refractivity contribution < 1.29 is 9.53 Å². The number of nitrogens with zero attached hydrogens (tertiary/aromatic N) is 3.